The van der Waals surface area contributed by atoms with Crippen LogP contribution in [0.1, 0.15) is 48.0 Å². The highest BCUT2D eigenvalue weighted by Crippen LogP contribution is 2.39. The third kappa shape index (κ3) is 4.81. The predicted molar refractivity (Wildman–Crippen MR) is 128 cm³/mol. The van der Waals surface area contributed by atoms with E-state index in [4.69, 9.17) is 4.74 Å². The summed E-state index contributed by atoms with van der Waals surface area (Å²) < 4.78 is 6.26. The molecule has 2 fully saturated rings. The molecule has 2 aliphatic heterocycles. The first kappa shape index (κ1) is 21.7. The number of aromatic nitrogens is 1. The molecule has 1 unspecified atom stereocenters. The Bertz CT molecular complexity index is 1120. The molecule has 1 spiro atoms. The van der Waals surface area contributed by atoms with Crippen LogP contribution in [0.15, 0.2) is 60.8 Å². The summed E-state index contributed by atoms with van der Waals surface area (Å²) >= 11 is 0. The van der Waals surface area contributed by atoms with E-state index in [1.807, 2.05) is 65.7 Å². The molecule has 6 heteroatoms. The van der Waals surface area contributed by atoms with Gasteiger partial charge in [-0.15, -0.1) is 0 Å². The van der Waals surface area contributed by atoms with Gasteiger partial charge in [-0.2, -0.15) is 0 Å². The largest absolute Gasteiger partial charge is 0.375 e. The highest BCUT2D eigenvalue weighted by atomic mass is 16.5. The first-order valence-electron chi connectivity index (χ1n) is 11.9. The highest BCUT2D eigenvalue weighted by molar-refractivity contribution is 6.06. The van der Waals surface area contributed by atoms with Crippen LogP contribution in [-0.4, -0.2) is 47.0 Å². The summed E-state index contributed by atoms with van der Waals surface area (Å²) in [6, 6.07) is 17.9. The molecule has 0 aliphatic carbocycles. The first-order valence-corrected chi connectivity index (χ1v) is 11.9. The van der Waals surface area contributed by atoms with Gasteiger partial charge in [0.1, 0.15) is 0 Å². The molecule has 0 saturated carbocycles. The van der Waals surface area contributed by atoms with Gasteiger partial charge in [0.25, 0.3) is 5.91 Å². The summed E-state index contributed by atoms with van der Waals surface area (Å²) in [7, 11) is 0. The molecule has 3 heterocycles. The second-order valence-corrected chi connectivity index (χ2v) is 9.40. The summed E-state index contributed by atoms with van der Waals surface area (Å²) in [5.41, 5.74) is 2.62. The summed E-state index contributed by atoms with van der Waals surface area (Å²) in [4.78, 5) is 30.8. The van der Waals surface area contributed by atoms with E-state index < -0.39 is 0 Å². The number of para-hydroxylation sites is 1. The van der Waals surface area contributed by atoms with Crippen molar-refractivity contribution in [1.29, 1.82) is 0 Å². The predicted octanol–water partition coefficient (Wildman–Crippen LogP) is 4.28. The Labute approximate surface area is 194 Å². The number of hydrogen-bond donors (Lipinski definition) is 2. The number of carbonyl (C=O) groups is 2. The van der Waals surface area contributed by atoms with Gasteiger partial charge in [0.05, 0.1) is 11.2 Å². The Morgan fingerprint density at radius 2 is 1.82 bits per heavy atom. The topological polar surface area (TPSA) is 74.4 Å². The van der Waals surface area contributed by atoms with Crippen molar-refractivity contribution in [3.05, 3.63) is 71.9 Å². The van der Waals surface area contributed by atoms with Gasteiger partial charge < -0.3 is 19.9 Å². The third-order valence-corrected chi connectivity index (χ3v) is 7.18. The van der Waals surface area contributed by atoms with Gasteiger partial charge >= 0.3 is 0 Å². The maximum Gasteiger partial charge on any atom is 0.256 e. The summed E-state index contributed by atoms with van der Waals surface area (Å²) in [6.07, 6.45) is 5.81. The molecule has 3 aromatic rings. The molecule has 6 nitrogen and oxygen atoms in total. The maximum absolute atomic E-state index is 13.2. The quantitative estimate of drug-likeness (QED) is 0.616. The molecular formula is C27H31N3O3. The number of aromatic amines is 1. The van der Waals surface area contributed by atoms with Gasteiger partial charge in [0.2, 0.25) is 5.91 Å². The van der Waals surface area contributed by atoms with E-state index >= 15 is 0 Å². The van der Waals surface area contributed by atoms with Crippen molar-refractivity contribution in [2.45, 2.75) is 44.2 Å². The van der Waals surface area contributed by atoms with Crippen LogP contribution in [0.5, 0.6) is 0 Å². The fourth-order valence-corrected chi connectivity index (χ4v) is 5.32. The molecule has 172 valence electrons. The monoisotopic (exact) mass is 445 g/mol. The number of benzene rings is 2. The second-order valence-electron chi connectivity index (χ2n) is 9.40. The smallest absolute Gasteiger partial charge is 0.256 e. The SMILES string of the molecule is O=C(CC1CCOC2(CCN(C(=O)c3c[nH]c4ccccc34)CC2)C1)NCc1ccccc1. The number of H-pyrrole nitrogens is 1. The van der Waals surface area contributed by atoms with Crippen LogP contribution in [0.3, 0.4) is 0 Å². The van der Waals surface area contributed by atoms with Crippen molar-refractivity contribution >= 4 is 22.7 Å². The molecule has 2 N–H and O–H groups in total. The number of piperidine rings is 1. The van der Waals surface area contributed by atoms with Gasteiger partial charge in [-0.25, -0.2) is 0 Å². The molecule has 0 bridgehead atoms. The Balaban J connectivity index is 1.15. The van der Waals surface area contributed by atoms with Gasteiger partial charge in [-0.1, -0.05) is 48.5 Å². The molecular weight excluding hydrogens is 414 g/mol. The first-order chi connectivity index (χ1) is 16.1. The van der Waals surface area contributed by atoms with Crippen LogP contribution >= 0.6 is 0 Å². The number of rotatable bonds is 5. The molecule has 2 amide bonds. The van der Waals surface area contributed by atoms with E-state index in [9.17, 15) is 9.59 Å². The number of nitrogens with zero attached hydrogens (tertiary/aromatic N) is 1. The minimum atomic E-state index is -0.209. The van der Waals surface area contributed by atoms with Gasteiger partial charge in [-0.05, 0) is 43.2 Å². The molecule has 2 aromatic carbocycles. The lowest BCUT2D eigenvalue weighted by Crippen LogP contribution is -2.51. The van der Waals surface area contributed by atoms with Gasteiger partial charge in [-0.3, -0.25) is 9.59 Å². The van der Waals surface area contributed by atoms with Crippen molar-refractivity contribution in [1.82, 2.24) is 15.2 Å². The summed E-state index contributed by atoms with van der Waals surface area (Å²) in [6.45, 7) is 2.63. The number of nitrogens with one attached hydrogen (secondary N) is 2. The van der Waals surface area contributed by atoms with Crippen molar-refractivity contribution < 1.29 is 14.3 Å². The molecule has 1 atom stereocenters. The van der Waals surface area contributed by atoms with Crippen LogP contribution in [0.2, 0.25) is 0 Å². The number of amides is 2. The number of fused-ring (bicyclic) bond motifs is 1. The van der Waals surface area contributed by atoms with E-state index in [1.54, 1.807) is 0 Å². The number of hydrogen-bond acceptors (Lipinski definition) is 3. The third-order valence-electron chi connectivity index (χ3n) is 7.18. The standard InChI is InChI=1S/C27H31N3O3/c31-25(29-18-20-6-2-1-3-7-20)16-21-10-15-33-27(17-21)11-13-30(14-12-27)26(32)23-19-28-24-9-5-4-8-22(23)24/h1-9,19,21,28H,10-18H2,(H,29,31). The fraction of sp³-hybridized carbons (Fsp3) is 0.407. The fourth-order valence-electron chi connectivity index (χ4n) is 5.32. The molecule has 2 saturated heterocycles. The van der Waals surface area contributed by atoms with E-state index in [2.05, 4.69) is 10.3 Å². The van der Waals surface area contributed by atoms with Crippen molar-refractivity contribution in [2.75, 3.05) is 19.7 Å². The Morgan fingerprint density at radius 1 is 1.06 bits per heavy atom. The second kappa shape index (κ2) is 9.40. The highest BCUT2D eigenvalue weighted by Gasteiger charge is 2.41. The minimum Gasteiger partial charge on any atom is -0.375 e. The zero-order valence-electron chi connectivity index (χ0n) is 18.9. The average molecular weight is 446 g/mol. The lowest BCUT2D eigenvalue weighted by atomic mass is 9.78. The van der Waals surface area contributed by atoms with E-state index in [0.29, 0.717) is 38.6 Å². The Morgan fingerprint density at radius 3 is 2.64 bits per heavy atom. The van der Waals surface area contributed by atoms with Gasteiger partial charge in [0.15, 0.2) is 0 Å². The van der Waals surface area contributed by atoms with Crippen LogP contribution in [0.4, 0.5) is 0 Å². The van der Waals surface area contributed by atoms with Crippen molar-refractivity contribution in [3.63, 3.8) is 0 Å². The Hall–Kier alpha value is -3.12. The zero-order valence-corrected chi connectivity index (χ0v) is 18.9. The van der Waals surface area contributed by atoms with Gasteiger partial charge in [0, 0.05) is 49.8 Å². The molecule has 1 aromatic heterocycles. The van der Waals surface area contributed by atoms with Crippen LogP contribution in [0.25, 0.3) is 10.9 Å². The van der Waals surface area contributed by atoms with Crippen molar-refractivity contribution in [2.24, 2.45) is 5.92 Å². The van der Waals surface area contributed by atoms with Crippen LogP contribution in [-0.2, 0) is 16.1 Å². The van der Waals surface area contributed by atoms with Crippen molar-refractivity contribution in [3.8, 4) is 0 Å². The van der Waals surface area contributed by atoms with Crippen LogP contribution < -0.4 is 5.32 Å². The molecule has 5 rings (SSSR count). The molecule has 2 aliphatic rings. The normalized spacial score (nSPS) is 20.1. The number of likely N-dealkylation sites (tertiary alicyclic amines) is 1. The Kier molecular flexibility index (Phi) is 6.18. The van der Waals surface area contributed by atoms with E-state index in [0.717, 1.165) is 47.7 Å². The average Bonchev–Trinajstić information content (AvgIpc) is 3.28. The summed E-state index contributed by atoms with van der Waals surface area (Å²) in [5, 5.41) is 4.02. The van der Waals surface area contributed by atoms with E-state index in [1.165, 1.54) is 0 Å². The number of ether oxygens (including phenoxy) is 1. The summed E-state index contributed by atoms with van der Waals surface area (Å²) in [5.74, 6) is 0.508. The van der Waals surface area contributed by atoms with E-state index in [-0.39, 0.29) is 17.4 Å². The number of carbonyl (C=O) groups excluding carboxylic acids is 2. The minimum absolute atomic E-state index is 0.0787. The lowest BCUT2D eigenvalue weighted by molar-refractivity contribution is -0.134. The maximum atomic E-state index is 13.2. The molecule has 0 radical (unpaired) electrons. The van der Waals surface area contributed by atoms with Crippen LogP contribution in [0, 0.1) is 5.92 Å². The zero-order chi connectivity index (χ0) is 22.7. The lowest BCUT2D eigenvalue weighted by Gasteiger charge is -2.46. The molecule has 33 heavy (non-hydrogen) atoms.